The first-order chi connectivity index (χ1) is 12.0. The number of nitrogens with zero attached hydrogens (tertiary/aromatic N) is 2. The first kappa shape index (κ1) is 21.0. The minimum Gasteiger partial charge on any atom is -0.494 e. The maximum atomic E-state index is 12.9. The first-order valence-corrected chi connectivity index (χ1v) is 10.2. The van der Waals surface area contributed by atoms with Gasteiger partial charge in [-0.05, 0) is 44.0 Å². The minimum atomic E-state index is -3.56. The van der Waals surface area contributed by atoms with Crippen LogP contribution >= 0.6 is 12.4 Å². The molecule has 1 aromatic carbocycles. The van der Waals surface area contributed by atoms with Crippen LogP contribution in [-0.4, -0.2) is 68.9 Å². The summed E-state index contributed by atoms with van der Waals surface area (Å²) >= 11 is 0. The maximum Gasteiger partial charge on any atom is 0.243 e. The van der Waals surface area contributed by atoms with Crippen LogP contribution in [0.5, 0.6) is 5.75 Å². The number of hydrogen-bond acceptors (Lipinski definition) is 5. The highest BCUT2D eigenvalue weighted by atomic mass is 35.5. The Morgan fingerprint density at radius 2 is 1.96 bits per heavy atom. The molecule has 2 fully saturated rings. The zero-order valence-electron chi connectivity index (χ0n) is 14.9. The Morgan fingerprint density at radius 1 is 1.23 bits per heavy atom. The molecule has 0 aromatic heterocycles. The lowest BCUT2D eigenvalue weighted by molar-refractivity contribution is -0.135. The van der Waals surface area contributed by atoms with E-state index in [1.165, 1.54) is 4.31 Å². The van der Waals surface area contributed by atoms with E-state index in [1.807, 2.05) is 11.8 Å². The maximum absolute atomic E-state index is 12.9. The highest BCUT2D eigenvalue weighted by Gasteiger charge is 2.35. The van der Waals surface area contributed by atoms with Crippen molar-refractivity contribution < 1.29 is 17.9 Å². The molecular weight excluding hydrogens is 378 g/mol. The van der Waals surface area contributed by atoms with Gasteiger partial charge in [-0.2, -0.15) is 4.31 Å². The molecule has 1 N–H and O–H groups in total. The molecule has 2 aliphatic rings. The molecule has 2 heterocycles. The third kappa shape index (κ3) is 4.49. The zero-order valence-corrected chi connectivity index (χ0v) is 16.5. The Kier molecular flexibility index (Phi) is 7.28. The summed E-state index contributed by atoms with van der Waals surface area (Å²) in [4.78, 5) is 14.2. The van der Waals surface area contributed by atoms with Crippen LogP contribution in [0.1, 0.15) is 19.8 Å². The van der Waals surface area contributed by atoms with Gasteiger partial charge in [0.2, 0.25) is 15.9 Å². The third-order valence-electron chi connectivity index (χ3n) is 4.70. The molecule has 0 aliphatic carbocycles. The van der Waals surface area contributed by atoms with Crippen molar-refractivity contribution in [2.45, 2.75) is 30.7 Å². The summed E-state index contributed by atoms with van der Waals surface area (Å²) in [5.74, 6) is 0.709. The number of piperazine rings is 1. The van der Waals surface area contributed by atoms with Gasteiger partial charge < -0.3 is 15.0 Å². The number of sulfonamides is 1. The van der Waals surface area contributed by atoms with Crippen molar-refractivity contribution in [3.05, 3.63) is 24.3 Å². The number of carbonyl (C=O) groups excluding carboxylic acids is 1. The van der Waals surface area contributed by atoms with Gasteiger partial charge in [0.25, 0.3) is 0 Å². The Bertz CT molecular complexity index is 711. The summed E-state index contributed by atoms with van der Waals surface area (Å²) in [5.41, 5.74) is 0. The fourth-order valence-corrected chi connectivity index (χ4v) is 4.94. The van der Waals surface area contributed by atoms with Crippen LogP contribution in [-0.2, 0) is 14.8 Å². The van der Waals surface area contributed by atoms with Gasteiger partial charge in [-0.1, -0.05) is 0 Å². The summed E-state index contributed by atoms with van der Waals surface area (Å²) in [7, 11) is -3.56. The van der Waals surface area contributed by atoms with Crippen molar-refractivity contribution in [2.24, 2.45) is 0 Å². The van der Waals surface area contributed by atoms with E-state index in [1.54, 1.807) is 24.3 Å². The average Bonchev–Trinajstić information content (AvgIpc) is 2.63. The zero-order chi connectivity index (χ0) is 17.9. The predicted molar refractivity (Wildman–Crippen MR) is 101 cm³/mol. The molecule has 1 atom stereocenters. The molecule has 1 amide bonds. The second kappa shape index (κ2) is 9.03. The second-order valence-corrected chi connectivity index (χ2v) is 8.27. The number of benzene rings is 1. The highest BCUT2D eigenvalue weighted by Crippen LogP contribution is 2.25. The Morgan fingerprint density at radius 3 is 2.62 bits per heavy atom. The van der Waals surface area contributed by atoms with E-state index in [9.17, 15) is 13.2 Å². The van der Waals surface area contributed by atoms with Crippen molar-refractivity contribution in [2.75, 3.05) is 39.3 Å². The van der Waals surface area contributed by atoms with Crippen LogP contribution < -0.4 is 10.1 Å². The number of nitrogens with one attached hydrogen (secondary N) is 1. The topological polar surface area (TPSA) is 79.0 Å². The SMILES string of the molecule is CCOc1ccc(S(=O)(=O)N2CCCC(N3CCNCC3=O)C2)cc1.Cl. The normalized spacial score (nSPS) is 22.0. The van der Waals surface area contributed by atoms with Gasteiger partial charge in [0.15, 0.2) is 0 Å². The van der Waals surface area contributed by atoms with E-state index in [4.69, 9.17) is 4.74 Å². The summed E-state index contributed by atoms with van der Waals surface area (Å²) < 4.78 is 32.7. The summed E-state index contributed by atoms with van der Waals surface area (Å²) in [6, 6.07) is 6.48. The molecule has 1 aromatic rings. The number of halogens is 1. The third-order valence-corrected chi connectivity index (χ3v) is 6.58. The molecule has 7 nitrogen and oxygen atoms in total. The number of piperidine rings is 1. The van der Waals surface area contributed by atoms with Crippen LogP contribution in [0, 0.1) is 0 Å². The lowest BCUT2D eigenvalue weighted by Crippen LogP contribution is -2.57. The molecule has 0 radical (unpaired) electrons. The van der Waals surface area contributed by atoms with Crippen molar-refractivity contribution in [3.8, 4) is 5.75 Å². The van der Waals surface area contributed by atoms with Gasteiger partial charge in [0.1, 0.15) is 5.75 Å². The largest absolute Gasteiger partial charge is 0.494 e. The van der Waals surface area contributed by atoms with Gasteiger partial charge in [-0.3, -0.25) is 4.79 Å². The van der Waals surface area contributed by atoms with Gasteiger partial charge >= 0.3 is 0 Å². The van der Waals surface area contributed by atoms with E-state index in [2.05, 4.69) is 5.32 Å². The van der Waals surface area contributed by atoms with Gasteiger partial charge in [0.05, 0.1) is 18.0 Å². The van der Waals surface area contributed by atoms with Crippen LogP contribution in [0.4, 0.5) is 0 Å². The van der Waals surface area contributed by atoms with E-state index in [0.29, 0.717) is 38.5 Å². The lowest BCUT2D eigenvalue weighted by Gasteiger charge is -2.40. The summed E-state index contributed by atoms with van der Waals surface area (Å²) in [6.45, 7) is 5.01. The fraction of sp³-hybridized carbons (Fsp3) is 0.588. The molecule has 2 aliphatic heterocycles. The number of ether oxygens (including phenoxy) is 1. The summed E-state index contributed by atoms with van der Waals surface area (Å²) in [6.07, 6.45) is 1.61. The number of hydrogen-bond donors (Lipinski definition) is 1. The smallest absolute Gasteiger partial charge is 0.243 e. The van der Waals surface area contributed by atoms with Crippen LogP contribution in [0.2, 0.25) is 0 Å². The lowest BCUT2D eigenvalue weighted by atomic mass is 10.1. The molecule has 3 rings (SSSR count). The molecule has 0 saturated carbocycles. The van der Waals surface area contributed by atoms with E-state index >= 15 is 0 Å². The van der Waals surface area contributed by atoms with Crippen molar-refractivity contribution >= 4 is 28.3 Å². The first-order valence-electron chi connectivity index (χ1n) is 8.75. The Labute approximate surface area is 161 Å². The minimum absolute atomic E-state index is 0. The molecule has 2 saturated heterocycles. The monoisotopic (exact) mass is 403 g/mol. The summed E-state index contributed by atoms with van der Waals surface area (Å²) in [5, 5.41) is 3.05. The van der Waals surface area contributed by atoms with E-state index in [0.717, 1.165) is 19.4 Å². The second-order valence-electron chi connectivity index (χ2n) is 6.33. The van der Waals surface area contributed by atoms with Crippen molar-refractivity contribution in [3.63, 3.8) is 0 Å². The Balaban J connectivity index is 0.00000243. The molecular formula is C17H26ClN3O4S. The van der Waals surface area contributed by atoms with Crippen LogP contribution in [0.3, 0.4) is 0 Å². The molecule has 0 bridgehead atoms. The molecule has 26 heavy (non-hydrogen) atoms. The standard InChI is InChI=1S/C17H25N3O4S.ClH/c1-2-24-15-5-7-16(8-6-15)25(22,23)19-10-3-4-14(13-19)20-11-9-18-12-17(20)21;/h5-8,14,18H,2-4,9-13H2,1H3;1H. The van der Waals surface area contributed by atoms with E-state index in [-0.39, 0.29) is 29.3 Å². The van der Waals surface area contributed by atoms with Crippen LogP contribution in [0.15, 0.2) is 29.2 Å². The van der Waals surface area contributed by atoms with E-state index < -0.39 is 10.0 Å². The number of amides is 1. The predicted octanol–water partition coefficient (Wildman–Crippen LogP) is 1.09. The molecule has 1 unspecified atom stereocenters. The van der Waals surface area contributed by atoms with Gasteiger partial charge in [-0.25, -0.2) is 8.42 Å². The molecule has 0 spiro atoms. The van der Waals surface area contributed by atoms with Gasteiger partial charge in [0, 0.05) is 32.2 Å². The highest BCUT2D eigenvalue weighted by molar-refractivity contribution is 7.89. The molecule has 9 heteroatoms. The number of rotatable bonds is 5. The quantitative estimate of drug-likeness (QED) is 0.796. The Hall–Kier alpha value is -1.35. The van der Waals surface area contributed by atoms with Crippen molar-refractivity contribution in [1.29, 1.82) is 0 Å². The number of carbonyl (C=O) groups is 1. The van der Waals surface area contributed by atoms with Crippen molar-refractivity contribution in [1.82, 2.24) is 14.5 Å². The molecule has 146 valence electrons. The fourth-order valence-electron chi connectivity index (χ4n) is 3.42. The van der Waals surface area contributed by atoms with Gasteiger partial charge in [-0.15, -0.1) is 12.4 Å². The van der Waals surface area contributed by atoms with Crippen LogP contribution in [0.25, 0.3) is 0 Å². The average molecular weight is 404 g/mol.